The molecule has 0 heterocycles. The van der Waals surface area contributed by atoms with E-state index in [0.717, 1.165) is 0 Å². The molecule has 1 aromatic carbocycles. The summed E-state index contributed by atoms with van der Waals surface area (Å²) in [7, 11) is 1.33. The maximum Gasteiger partial charge on any atom is 0.314 e. The summed E-state index contributed by atoms with van der Waals surface area (Å²) in [6.07, 6.45) is 0.644. The Hall–Kier alpha value is -1.53. The van der Waals surface area contributed by atoms with Crippen LogP contribution in [0.15, 0.2) is 12.1 Å². The molecule has 0 saturated carbocycles. The largest absolute Gasteiger partial charge is 0.500 e. The molecular formula is C10H15ClN2O4. The molecule has 0 saturated heterocycles. The van der Waals surface area contributed by atoms with Gasteiger partial charge in [0.05, 0.1) is 12.0 Å². The standard InChI is InChI=1S/C10H14N2O4.ClH/c1-3-7(11)6-4-8(12(14)15)10(13)9(5-6)16-2;/h4-5,7,13H,3,11H2,1-2H3;1H/t7-;/m1./s1. The highest BCUT2D eigenvalue weighted by Gasteiger charge is 2.21. The molecule has 1 rings (SSSR count). The molecule has 17 heavy (non-hydrogen) atoms. The predicted molar refractivity (Wildman–Crippen MR) is 65.8 cm³/mol. The fourth-order valence-electron chi connectivity index (χ4n) is 1.36. The summed E-state index contributed by atoms with van der Waals surface area (Å²) >= 11 is 0. The topological polar surface area (TPSA) is 98.6 Å². The van der Waals surface area contributed by atoms with Crippen LogP contribution in [0, 0.1) is 10.1 Å². The molecule has 96 valence electrons. The molecule has 0 aliphatic heterocycles. The maximum absolute atomic E-state index is 10.7. The monoisotopic (exact) mass is 262 g/mol. The molecule has 0 unspecified atom stereocenters. The van der Waals surface area contributed by atoms with E-state index in [0.29, 0.717) is 12.0 Å². The van der Waals surface area contributed by atoms with Crippen LogP contribution in [0.1, 0.15) is 24.9 Å². The average Bonchev–Trinajstić information content (AvgIpc) is 2.27. The number of aromatic hydroxyl groups is 1. The second kappa shape index (κ2) is 6.27. The number of rotatable bonds is 4. The van der Waals surface area contributed by atoms with Gasteiger partial charge in [0.1, 0.15) is 0 Å². The number of ether oxygens (including phenoxy) is 1. The zero-order valence-electron chi connectivity index (χ0n) is 9.54. The lowest BCUT2D eigenvalue weighted by atomic mass is 10.0. The Labute approximate surface area is 105 Å². The lowest BCUT2D eigenvalue weighted by Crippen LogP contribution is -2.09. The SMILES string of the molecule is CC[C@@H](N)c1cc(OC)c(O)c([N+](=O)[O-])c1.Cl. The van der Waals surface area contributed by atoms with E-state index in [4.69, 9.17) is 10.5 Å². The fourth-order valence-corrected chi connectivity index (χ4v) is 1.36. The minimum absolute atomic E-state index is 0. The minimum Gasteiger partial charge on any atom is -0.500 e. The van der Waals surface area contributed by atoms with Crippen LogP contribution in [0.2, 0.25) is 0 Å². The van der Waals surface area contributed by atoms with Gasteiger partial charge in [0, 0.05) is 12.1 Å². The van der Waals surface area contributed by atoms with Gasteiger partial charge in [-0.15, -0.1) is 12.4 Å². The molecule has 0 aliphatic rings. The van der Waals surface area contributed by atoms with Crippen LogP contribution < -0.4 is 10.5 Å². The third-order valence-electron chi connectivity index (χ3n) is 2.36. The van der Waals surface area contributed by atoms with Gasteiger partial charge in [0.15, 0.2) is 5.75 Å². The quantitative estimate of drug-likeness (QED) is 0.640. The van der Waals surface area contributed by atoms with Gasteiger partial charge in [0.2, 0.25) is 5.75 Å². The second-order valence-electron chi connectivity index (χ2n) is 3.36. The van der Waals surface area contributed by atoms with E-state index >= 15 is 0 Å². The van der Waals surface area contributed by atoms with Crippen LogP contribution in [0.25, 0.3) is 0 Å². The molecular weight excluding hydrogens is 248 g/mol. The van der Waals surface area contributed by atoms with Crippen molar-refractivity contribution in [3.05, 3.63) is 27.8 Å². The van der Waals surface area contributed by atoms with Gasteiger partial charge in [-0.3, -0.25) is 10.1 Å². The van der Waals surface area contributed by atoms with Gasteiger partial charge in [0.25, 0.3) is 0 Å². The number of hydrogen-bond acceptors (Lipinski definition) is 5. The van der Waals surface area contributed by atoms with Gasteiger partial charge in [-0.05, 0) is 18.1 Å². The van der Waals surface area contributed by atoms with Gasteiger partial charge >= 0.3 is 5.69 Å². The van der Waals surface area contributed by atoms with Gasteiger partial charge in [-0.2, -0.15) is 0 Å². The van der Waals surface area contributed by atoms with Crippen LogP contribution in [-0.4, -0.2) is 17.1 Å². The molecule has 0 radical (unpaired) electrons. The Bertz CT molecular complexity index is 412. The first-order chi connectivity index (χ1) is 7.51. The number of benzene rings is 1. The summed E-state index contributed by atoms with van der Waals surface area (Å²) in [5, 5.41) is 20.2. The van der Waals surface area contributed by atoms with Crippen molar-refractivity contribution < 1.29 is 14.8 Å². The number of phenols is 1. The zero-order chi connectivity index (χ0) is 12.3. The smallest absolute Gasteiger partial charge is 0.314 e. The van der Waals surface area contributed by atoms with Crippen molar-refractivity contribution in [2.75, 3.05) is 7.11 Å². The Morgan fingerprint density at radius 1 is 1.59 bits per heavy atom. The lowest BCUT2D eigenvalue weighted by Gasteiger charge is -2.11. The van der Waals surface area contributed by atoms with E-state index in [-0.39, 0.29) is 24.2 Å². The molecule has 0 fully saturated rings. The first-order valence-electron chi connectivity index (χ1n) is 4.82. The van der Waals surface area contributed by atoms with Crippen LogP contribution in [0.4, 0.5) is 5.69 Å². The van der Waals surface area contributed by atoms with Crippen molar-refractivity contribution in [2.45, 2.75) is 19.4 Å². The first kappa shape index (κ1) is 15.5. The number of phenolic OH excluding ortho intramolecular Hbond substituents is 1. The van der Waals surface area contributed by atoms with E-state index in [9.17, 15) is 15.2 Å². The lowest BCUT2D eigenvalue weighted by molar-refractivity contribution is -0.386. The number of nitrogens with two attached hydrogens (primary N) is 1. The molecule has 0 aromatic heterocycles. The predicted octanol–water partition coefficient (Wildman–Crippen LogP) is 2.14. The number of nitrogens with zero attached hydrogens (tertiary/aromatic N) is 1. The molecule has 3 N–H and O–H groups in total. The molecule has 6 nitrogen and oxygen atoms in total. The molecule has 1 aromatic rings. The summed E-state index contributed by atoms with van der Waals surface area (Å²) in [6, 6.07) is 2.47. The van der Waals surface area contributed by atoms with E-state index < -0.39 is 16.4 Å². The third kappa shape index (κ3) is 3.21. The Morgan fingerprint density at radius 2 is 2.18 bits per heavy atom. The van der Waals surface area contributed by atoms with Crippen LogP contribution in [-0.2, 0) is 0 Å². The number of hydrogen-bond donors (Lipinski definition) is 2. The summed E-state index contributed by atoms with van der Waals surface area (Å²) < 4.78 is 4.86. The zero-order valence-corrected chi connectivity index (χ0v) is 10.4. The minimum atomic E-state index is -0.663. The number of methoxy groups -OCH3 is 1. The summed E-state index contributed by atoms with van der Waals surface area (Å²) in [6.45, 7) is 1.87. The Morgan fingerprint density at radius 3 is 2.59 bits per heavy atom. The van der Waals surface area contributed by atoms with Crippen molar-refractivity contribution in [3.8, 4) is 11.5 Å². The van der Waals surface area contributed by atoms with Crippen LogP contribution >= 0.6 is 12.4 Å². The molecule has 0 aliphatic carbocycles. The first-order valence-corrected chi connectivity index (χ1v) is 4.82. The van der Waals surface area contributed by atoms with Gasteiger partial charge in [-0.25, -0.2) is 0 Å². The molecule has 0 amide bonds. The number of nitro groups is 1. The highest BCUT2D eigenvalue weighted by Crippen LogP contribution is 2.38. The van der Waals surface area contributed by atoms with Gasteiger partial charge < -0.3 is 15.6 Å². The van der Waals surface area contributed by atoms with E-state index in [1.54, 1.807) is 0 Å². The van der Waals surface area contributed by atoms with Crippen molar-refractivity contribution >= 4 is 18.1 Å². The summed E-state index contributed by atoms with van der Waals surface area (Å²) in [5.41, 5.74) is 5.96. The normalized spacial score (nSPS) is 11.5. The third-order valence-corrected chi connectivity index (χ3v) is 2.36. The Kier molecular flexibility index (Phi) is 5.70. The fraction of sp³-hybridized carbons (Fsp3) is 0.400. The average molecular weight is 263 g/mol. The molecule has 0 bridgehead atoms. The number of halogens is 1. The molecule has 0 spiro atoms. The van der Waals surface area contributed by atoms with E-state index in [1.165, 1.54) is 19.2 Å². The maximum atomic E-state index is 10.7. The van der Waals surface area contributed by atoms with Crippen molar-refractivity contribution in [2.24, 2.45) is 5.73 Å². The summed E-state index contributed by atoms with van der Waals surface area (Å²) in [4.78, 5) is 10.0. The Balaban J connectivity index is 0.00000256. The molecule has 1 atom stereocenters. The van der Waals surface area contributed by atoms with Crippen LogP contribution in [0.3, 0.4) is 0 Å². The van der Waals surface area contributed by atoms with Crippen molar-refractivity contribution in [1.82, 2.24) is 0 Å². The van der Waals surface area contributed by atoms with E-state index in [2.05, 4.69) is 0 Å². The van der Waals surface area contributed by atoms with Crippen molar-refractivity contribution in [3.63, 3.8) is 0 Å². The van der Waals surface area contributed by atoms with Crippen LogP contribution in [0.5, 0.6) is 11.5 Å². The summed E-state index contributed by atoms with van der Waals surface area (Å²) in [5.74, 6) is -0.410. The highest BCUT2D eigenvalue weighted by atomic mass is 35.5. The van der Waals surface area contributed by atoms with Crippen molar-refractivity contribution in [1.29, 1.82) is 0 Å². The molecule has 7 heteroatoms. The van der Waals surface area contributed by atoms with Gasteiger partial charge in [-0.1, -0.05) is 6.92 Å². The number of nitro benzene ring substituents is 1. The van der Waals surface area contributed by atoms with E-state index in [1.807, 2.05) is 6.92 Å². The second-order valence-corrected chi connectivity index (χ2v) is 3.36. The highest BCUT2D eigenvalue weighted by molar-refractivity contribution is 5.85.